The van der Waals surface area contributed by atoms with Crippen molar-refractivity contribution >= 4 is 11.9 Å². The maximum Gasteiger partial charge on any atom is 0.222 e. The van der Waals surface area contributed by atoms with Crippen molar-refractivity contribution in [3.8, 4) is 33.8 Å². The molecule has 0 radical (unpaired) electrons. The van der Waals surface area contributed by atoms with Gasteiger partial charge in [0.2, 0.25) is 11.9 Å². The van der Waals surface area contributed by atoms with Crippen LogP contribution in [0.25, 0.3) is 22.3 Å². The molecule has 0 atom stereocenters. The average molecular weight is 701 g/mol. The van der Waals surface area contributed by atoms with Crippen LogP contribution < -0.4 is 25.4 Å². The molecule has 52 heavy (non-hydrogen) atoms. The Morgan fingerprint density at radius 1 is 0.673 bits per heavy atom. The van der Waals surface area contributed by atoms with Crippen LogP contribution in [0.4, 0.5) is 11.9 Å². The summed E-state index contributed by atoms with van der Waals surface area (Å²) in [4.78, 5) is 20.4. The van der Waals surface area contributed by atoms with Crippen molar-refractivity contribution in [3.05, 3.63) is 109 Å². The Morgan fingerprint density at radius 3 is 1.69 bits per heavy atom. The zero-order chi connectivity index (χ0) is 36.0. The summed E-state index contributed by atoms with van der Waals surface area (Å²) in [6.45, 7) is 11.8. The highest BCUT2D eigenvalue weighted by atomic mass is 16.5. The predicted octanol–water partition coefficient (Wildman–Crippen LogP) is 7.71. The molecule has 0 unspecified atom stereocenters. The molecule has 0 saturated carbocycles. The fraction of sp³-hybridized carbons (Fsp3) is 0.381. The number of nitrogens with zero attached hydrogens (tertiary/aromatic N) is 5. The van der Waals surface area contributed by atoms with Gasteiger partial charge in [-0.05, 0) is 88.4 Å². The Kier molecular flexibility index (Phi) is 13.4. The van der Waals surface area contributed by atoms with Crippen LogP contribution in [-0.2, 0) is 6.54 Å². The zero-order valence-corrected chi connectivity index (χ0v) is 30.7. The molecule has 2 aliphatic heterocycles. The molecule has 3 N–H and O–H groups in total. The molecule has 0 aliphatic carbocycles. The van der Waals surface area contributed by atoms with Gasteiger partial charge in [0.15, 0.2) is 11.5 Å². The molecule has 0 spiro atoms. The number of hydrogen-bond donors (Lipinski definition) is 3. The lowest BCUT2D eigenvalue weighted by atomic mass is 10.0. The minimum atomic E-state index is 0.125. The molecule has 0 bridgehead atoms. The smallest absolute Gasteiger partial charge is 0.222 e. The third kappa shape index (κ3) is 11.0. The highest BCUT2D eigenvalue weighted by Gasteiger charge is 2.21. The van der Waals surface area contributed by atoms with E-state index in [-0.39, 0.29) is 6.10 Å². The van der Waals surface area contributed by atoms with Gasteiger partial charge in [-0.2, -0.15) is 0 Å². The average Bonchev–Trinajstić information content (AvgIpc) is 3.19. The predicted molar refractivity (Wildman–Crippen MR) is 210 cm³/mol. The van der Waals surface area contributed by atoms with E-state index in [1.165, 1.54) is 5.56 Å². The van der Waals surface area contributed by atoms with E-state index in [9.17, 15) is 0 Å². The van der Waals surface area contributed by atoms with E-state index in [2.05, 4.69) is 77.2 Å². The summed E-state index contributed by atoms with van der Waals surface area (Å²) in [7, 11) is 0. The first-order chi connectivity index (χ1) is 25.5. The second-order valence-electron chi connectivity index (χ2n) is 13.6. The van der Waals surface area contributed by atoms with E-state index in [0.29, 0.717) is 24.6 Å². The molecular formula is C42H52N8O2. The number of piperidine rings is 2. The lowest BCUT2D eigenvalue weighted by molar-refractivity contribution is 0.209. The summed E-state index contributed by atoms with van der Waals surface area (Å²) < 4.78 is 11.7. The normalized spacial score (nSPS) is 15.4. The van der Waals surface area contributed by atoms with Gasteiger partial charge in [0.25, 0.3) is 0 Å². The van der Waals surface area contributed by atoms with Crippen LogP contribution in [0.1, 0.15) is 52.0 Å². The van der Waals surface area contributed by atoms with Gasteiger partial charge in [-0.15, -0.1) is 0 Å². The van der Waals surface area contributed by atoms with E-state index in [0.717, 1.165) is 98.1 Å². The van der Waals surface area contributed by atoms with E-state index >= 15 is 0 Å². The minimum absolute atomic E-state index is 0.125. The molecule has 272 valence electrons. The molecule has 10 nitrogen and oxygen atoms in total. The maximum atomic E-state index is 5.89. The topological polar surface area (TPSA) is 109 Å². The van der Waals surface area contributed by atoms with Crippen LogP contribution in [0.5, 0.6) is 11.5 Å². The van der Waals surface area contributed by atoms with Crippen molar-refractivity contribution < 1.29 is 9.47 Å². The number of rotatable bonds is 12. The van der Waals surface area contributed by atoms with Crippen molar-refractivity contribution in [1.29, 1.82) is 0 Å². The Bertz CT molecular complexity index is 1760. The molecular weight excluding hydrogens is 649 g/mol. The van der Waals surface area contributed by atoms with E-state index in [1.54, 1.807) is 0 Å². The van der Waals surface area contributed by atoms with Gasteiger partial charge in [-0.1, -0.05) is 66.7 Å². The quantitative estimate of drug-likeness (QED) is 0.120. The number of likely N-dealkylation sites (tertiary alicyclic amines) is 1. The fourth-order valence-corrected chi connectivity index (χ4v) is 6.46. The fourth-order valence-electron chi connectivity index (χ4n) is 6.46. The second kappa shape index (κ2) is 19.0. The van der Waals surface area contributed by atoms with Gasteiger partial charge in [-0.3, -0.25) is 4.90 Å². The molecule has 2 aromatic heterocycles. The molecule has 2 fully saturated rings. The summed E-state index contributed by atoms with van der Waals surface area (Å²) in [6, 6.07) is 27.6. The van der Waals surface area contributed by atoms with Crippen molar-refractivity contribution in [1.82, 2.24) is 30.2 Å². The number of hydrogen-bond acceptors (Lipinski definition) is 10. The number of aromatic nitrogens is 4. The molecule has 4 heterocycles. The van der Waals surface area contributed by atoms with Gasteiger partial charge < -0.3 is 25.4 Å². The zero-order valence-electron chi connectivity index (χ0n) is 30.7. The summed E-state index contributed by atoms with van der Waals surface area (Å²) in [6.07, 6.45) is 12.1. The van der Waals surface area contributed by atoms with Crippen molar-refractivity contribution in [2.24, 2.45) is 0 Å². The van der Waals surface area contributed by atoms with Gasteiger partial charge in [0, 0.05) is 67.6 Å². The molecule has 7 rings (SSSR count). The highest BCUT2D eigenvalue weighted by molar-refractivity contribution is 5.62. The minimum Gasteiger partial charge on any atom is -0.490 e. The third-order valence-electron chi connectivity index (χ3n) is 9.19. The first kappa shape index (κ1) is 36.7. The SMILES string of the molecule is CCOc1cc(CN2CCC(Nc3ncc(-c4ccccc4)cn3)CC2)ccc1OC(C)C.c1ccc(-c2cnc(NC3CCNCC3)nc2)cc1. The van der Waals surface area contributed by atoms with Crippen molar-refractivity contribution in [2.45, 2.75) is 71.2 Å². The molecule has 2 aliphatic rings. The Balaban J connectivity index is 0.000000206. The van der Waals surface area contributed by atoms with Crippen LogP contribution in [0.15, 0.2) is 104 Å². The van der Waals surface area contributed by atoms with E-state index in [4.69, 9.17) is 9.47 Å². The van der Waals surface area contributed by atoms with E-state index < -0.39 is 0 Å². The van der Waals surface area contributed by atoms with Crippen LogP contribution in [0.3, 0.4) is 0 Å². The summed E-state index contributed by atoms with van der Waals surface area (Å²) >= 11 is 0. The monoisotopic (exact) mass is 700 g/mol. The Labute approximate surface area is 308 Å². The first-order valence-electron chi connectivity index (χ1n) is 18.7. The number of benzene rings is 3. The molecule has 2 saturated heterocycles. The Morgan fingerprint density at radius 2 is 1.19 bits per heavy atom. The van der Waals surface area contributed by atoms with Crippen molar-refractivity contribution in [3.63, 3.8) is 0 Å². The van der Waals surface area contributed by atoms with Gasteiger partial charge in [0.05, 0.1) is 12.7 Å². The van der Waals surface area contributed by atoms with Crippen LogP contribution >= 0.6 is 0 Å². The van der Waals surface area contributed by atoms with Crippen LogP contribution in [0, 0.1) is 0 Å². The van der Waals surface area contributed by atoms with Crippen molar-refractivity contribution in [2.75, 3.05) is 43.4 Å². The van der Waals surface area contributed by atoms with Gasteiger partial charge in [-0.25, -0.2) is 19.9 Å². The molecule has 0 amide bonds. The standard InChI is InChI=1S/C27H34N4O2.C15H18N4/c1-4-32-26-16-21(10-11-25(26)33-20(2)3)19-31-14-12-24(13-15-31)30-27-28-17-23(18-29-27)22-8-6-5-7-9-22;1-2-4-12(5-3-1)13-10-17-15(18-11-13)19-14-6-8-16-9-7-14/h5-11,16-18,20,24H,4,12-15,19H2,1-3H3,(H,28,29,30);1-5,10-11,14,16H,6-9H2,(H,17,18,19). The first-order valence-corrected chi connectivity index (χ1v) is 18.7. The summed E-state index contributed by atoms with van der Waals surface area (Å²) in [5.74, 6) is 3.08. The summed E-state index contributed by atoms with van der Waals surface area (Å²) in [5.41, 5.74) is 5.62. The maximum absolute atomic E-state index is 5.89. The van der Waals surface area contributed by atoms with Crippen LogP contribution in [-0.4, -0.2) is 75.8 Å². The molecule has 10 heteroatoms. The number of nitrogens with one attached hydrogen (secondary N) is 3. The van der Waals surface area contributed by atoms with Gasteiger partial charge in [0.1, 0.15) is 0 Å². The number of anilines is 2. The molecule has 5 aromatic rings. The highest BCUT2D eigenvalue weighted by Crippen LogP contribution is 2.30. The van der Waals surface area contributed by atoms with Gasteiger partial charge >= 0.3 is 0 Å². The van der Waals surface area contributed by atoms with E-state index in [1.807, 2.05) is 88.0 Å². The third-order valence-corrected chi connectivity index (χ3v) is 9.19. The second-order valence-corrected chi connectivity index (χ2v) is 13.6. The lowest BCUT2D eigenvalue weighted by Crippen LogP contribution is -2.38. The number of ether oxygens (including phenoxy) is 2. The summed E-state index contributed by atoms with van der Waals surface area (Å²) in [5, 5.41) is 10.3. The molecule has 3 aromatic carbocycles. The Hall–Kier alpha value is -5.06. The van der Waals surface area contributed by atoms with Crippen LogP contribution in [0.2, 0.25) is 0 Å². The lowest BCUT2D eigenvalue weighted by Gasteiger charge is -2.32. The largest absolute Gasteiger partial charge is 0.490 e.